The molecule has 0 saturated carbocycles. The molecule has 0 spiro atoms. The number of nitrogens with one attached hydrogen (secondary N) is 1. The van der Waals surface area contributed by atoms with E-state index in [9.17, 15) is 0 Å². The summed E-state index contributed by atoms with van der Waals surface area (Å²) in [6, 6.07) is 6.60. The van der Waals surface area contributed by atoms with E-state index in [-0.39, 0.29) is 12.6 Å². The average molecular weight is 222 g/mol. The highest BCUT2D eigenvalue weighted by Crippen LogP contribution is 2.18. The van der Waals surface area contributed by atoms with Gasteiger partial charge >= 0.3 is 0 Å². The Morgan fingerprint density at radius 2 is 2.12 bits per heavy atom. The Labute approximate surface area is 97.7 Å². The predicted octanol–water partition coefficient (Wildman–Crippen LogP) is 1.28. The molecule has 1 rings (SSSR count). The highest BCUT2D eigenvalue weighted by Gasteiger charge is 2.10. The largest absolute Gasteiger partial charge is 0.396 e. The van der Waals surface area contributed by atoms with Crippen LogP contribution in [0.1, 0.15) is 29.2 Å². The van der Waals surface area contributed by atoms with Crippen molar-refractivity contribution in [3.05, 3.63) is 34.9 Å². The second-order valence-corrected chi connectivity index (χ2v) is 4.18. The van der Waals surface area contributed by atoms with Crippen LogP contribution in [0.4, 0.5) is 0 Å². The smallest absolute Gasteiger partial charge is 0.0447 e. The molecule has 0 aliphatic carbocycles. The fourth-order valence-corrected chi connectivity index (χ4v) is 1.89. The summed E-state index contributed by atoms with van der Waals surface area (Å²) >= 11 is 0. The summed E-state index contributed by atoms with van der Waals surface area (Å²) in [5.74, 6) is 0. The van der Waals surface area contributed by atoms with Gasteiger partial charge in [0.25, 0.3) is 0 Å². The van der Waals surface area contributed by atoms with Gasteiger partial charge in [-0.25, -0.2) is 0 Å². The second-order valence-electron chi connectivity index (χ2n) is 4.18. The lowest BCUT2D eigenvalue weighted by Gasteiger charge is -2.19. The van der Waals surface area contributed by atoms with Crippen LogP contribution in [0, 0.1) is 13.8 Å². The fourth-order valence-electron chi connectivity index (χ4n) is 1.89. The molecule has 0 fully saturated rings. The summed E-state index contributed by atoms with van der Waals surface area (Å²) in [5.41, 5.74) is 9.57. The number of nitrogens with two attached hydrogens (primary N) is 1. The number of aliphatic hydroxyl groups excluding tert-OH is 1. The van der Waals surface area contributed by atoms with Crippen molar-refractivity contribution in [1.29, 1.82) is 0 Å². The van der Waals surface area contributed by atoms with Crippen molar-refractivity contribution in [2.45, 2.75) is 26.3 Å². The summed E-state index contributed by atoms with van der Waals surface area (Å²) in [6.07, 6.45) is 0.765. The van der Waals surface area contributed by atoms with Crippen LogP contribution >= 0.6 is 0 Å². The first kappa shape index (κ1) is 13.2. The molecule has 0 aliphatic heterocycles. The molecule has 3 nitrogen and oxygen atoms in total. The number of hydrogen-bond acceptors (Lipinski definition) is 3. The molecule has 0 radical (unpaired) electrons. The molecule has 4 N–H and O–H groups in total. The van der Waals surface area contributed by atoms with E-state index in [2.05, 4.69) is 37.4 Å². The van der Waals surface area contributed by atoms with Gasteiger partial charge in [0.15, 0.2) is 0 Å². The zero-order chi connectivity index (χ0) is 12.0. The lowest BCUT2D eigenvalue weighted by Crippen LogP contribution is -2.30. The number of benzene rings is 1. The molecule has 3 heteroatoms. The van der Waals surface area contributed by atoms with Gasteiger partial charge in [-0.2, -0.15) is 0 Å². The molecule has 1 aromatic carbocycles. The Morgan fingerprint density at radius 1 is 1.38 bits per heavy atom. The van der Waals surface area contributed by atoms with Crippen LogP contribution in [0.2, 0.25) is 0 Å². The predicted molar refractivity (Wildman–Crippen MR) is 67.4 cm³/mol. The van der Waals surface area contributed by atoms with Crippen molar-refractivity contribution >= 4 is 0 Å². The first-order valence-electron chi connectivity index (χ1n) is 5.80. The van der Waals surface area contributed by atoms with Gasteiger partial charge in [-0.15, -0.1) is 0 Å². The Bertz CT molecular complexity index is 326. The topological polar surface area (TPSA) is 58.3 Å². The summed E-state index contributed by atoms with van der Waals surface area (Å²) in [5, 5.41) is 12.1. The molecule has 0 heterocycles. The third-order valence-corrected chi connectivity index (χ3v) is 2.76. The monoisotopic (exact) mass is 222 g/mol. The molecular formula is C13H22N2O. The number of rotatable bonds is 6. The lowest BCUT2D eigenvalue weighted by atomic mass is 9.99. The molecule has 0 bridgehead atoms. The van der Waals surface area contributed by atoms with Gasteiger partial charge in [0.1, 0.15) is 0 Å². The van der Waals surface area contributed by atoms with Crippen LogP contribution in [-0.2, 0) is 0 Å². The van der Waals surface area contributed by atoms with Gasteiger partial charge in [-0.3, -0.25) is 0 Å². The van der Waals surface area contributed by atoms with Gasteiger partial charge in [-0.05, 0) is 37.9 Å². The van der Waals surface area contributed by atoms with Crippen molar-refractivity contribution < 1.29 is 5.11 Å². The number of hydrogen-bond donors (Lipinski definition) is 3. The van der Waals surface area contributed by atoms with Crippen LogP contribution in [0.3, 0.4) is 0 Å². The molecular weight excluding hydrogens is 200 g/mol. The lowest BCUT2D eigenvalue weighted by molar-refractivity contribution is 0.283. The van der Waals surface area contributed by atoms with Crippen molar-refractivity contribution in [2.75, 3.05) is 19.7 Å². The minimum Gasteiger partial charge on any atom is -0.396 e. The molecule has 0 amide bonds. The Balaban J connectivity index is 2.70. The summed E-state index contributed by atoms with van der Waals surface area (Å²) in [6.45, 7) is 5.80. The minimum atomic E-state index is 0.187. The van der Waals surface area contributed by atoms with Gasteiger partial charge < -0.3 is 16.2 Å². The summed E-state index contributed by atoms with van der Waals surface area (Å²) < 4.78 is 0. The maximum atomic E-state index is 8.74. The van der Waals surface area contributed by atoms with Crippen molar-refractivity contribution in [3.8, 4) is 0 Å². The molecule has 0 aliphatic rings. The third-order valence-electron chi connectivity index (χ3n) is 2.76. The van der Waals surface area contributed by atoms with E-state index in [4.69, 9.17) is 10.8 Å². The van der Waals surface area contributed by atoms with Gasteiger partial charge in [-0.1, -0.05) is 23.8 Å². The maximum Gasteiger partial charge on any atom is 0.0447 e. The molecule has 16 heavy (non-hydrogen) atoms. The SMILES string of the molecule is Cc1ccc(C(CN)NCCCO)c(C)c1. The molecule has 90 valence electrons. The summed E-state index contributed by atoms with van der Waals surface area (Å²) in [4.78, 5) is 0. The van der Waals surface area contributed by atoms with E-state index in [1.807, 2.05) is 0 Å². The van der Waals surface area contributed by atoms with E-state index in [1.54, 1.807) is 0 Å². The number of aryl methyl sites for hydroxylation is 2. The highest BCUT2D eigenvalue weighted by molar-refractivity contribution is 5.33. The quantitative estimate of drug-likeness (QED) is 0.635. The third kappa shape index (κ3) is 3.59. The first-order chi connectivity index (χ1) is 7.69. The Morgan fingerprint density at radius 3 is 2.69 bits per heavy atom. The Kier molecular flexibility index (Phi) is 5.46. The molecule has 0 saturated heterocycles. The van der Waals surface area contributed by atoms with Crippen LogP contribution in [0.25, 0.3) is 0 Å². The second kappa shape index (κ2) is 6.63. The normalized spacial score (nSPS) is 12.8. The average Bonchev–Trinajstić information content (AvgIpc) is 2.26. The standard InChI is InChI=1S/C13H22N2O/c1-10-4-5-12(11(2)8-10)13(9-14)15-6-3-7-16/h4-5,8,13,15-16H,3,6-7,9,14H2,1-2H3. The zero-order valence-corrected chi connectivity index (χ0v) is 10.2. The summed E-state index contributed by atoms with van der Waals surface area (Å²) in [7, 11) is 0. The Hall–Kier alpha value is -0.900. The highest BCUT2D eigenvalue weighted by atomic mass is 16.3. The van der Waals surface area contributed by atoms with Crippen LogP contribution < -0.4 is 11.1 Å². The fraction of sp³-hybridized carbons (Fsp3) is 0.538. The van der Waals surface area contributed by atoms with E-state index >= 15 is 0 Å². The van der Waals surface area contributed by atoms with Crippen LogP contribution in [0.15, 0.2) is 18.2 Å². The zero-order valence-electron chi connectivity index (χ0n) is 10.2. The van der Waals surface area contributed by atoms with E-state index < -0.39 is 0 Å². The van der Waals surface area contributed by atoms with Gasteiger partial charge in [0, 0.05) is 19.2 Å². The minimum absolute atomic E-state index is 0.187. The van der Waals surface area contributed by atoms with Crippen LogP contribution in [-0.4, -0.2) is 24.8 Å². The number of aliphatic hydroxyl groups is 1. The molecule has 1 atom stereocenters. The van der Waals surface area contributed by atoms with Crippen molar-refractivity contribution in [1.82, 2.24) is 5.32 Å². The van der Waals surface area contributed by atoms with Crippen molar-refractivity contribution in [2.24, 2.45) is 5.73 Å². The van der Waals surface area contributed by atoms with Crippen LogP contribution in [0.5, 0.6) is 0 Å². The molecule has 1 unspecified atom stereocenters. The van der Waals surface area contributed by atoms with E-state index in [1.165, 1.54) is 16.7 Å². The first-order valence-corrected chi connectivity index (χ1v) is 5.80. The molecule has 1 aromatic rings. The van der Waals surface area contributed by atoms with Gasteiger partial charge in [0.05, 0.1) is 0 Å². The van der Waals surface area contributed by atoms with E-state index in [0.29, 0.717) is 6.54 Å². The molecule has 0 aromatic heterocycles. The van der Waals surface area contributed by atoms with Crippen molar-refractivity contribution in [3.63, 3.8) is 0 Å². The van der Waals surface area contributed by atoms with Gasteiger partial charge in [0.2, 0.25) is 0 Å². The van der Waals surface area contributed by atoms with E-state index in [0.717, 1.165) is 13.0 Å². The maximum absolute atomic E-state index is 8.74.